The van der Waals surface area contributed by atoms with Crippen LogP contribution in [0.2, 0.25) is 0 Å². The first-order chi connectivity index (χ1) is 40.8. The second-order valence-corrected chi connectivity index (χ2v) is 22.1. The van der Waals surface area contributed by atoms with Gasteiger partial charge in [0, 0.05) is 115 Å². The molecule has 0 spiro atoms. The number of amides is 5. The summed E-state index contributed by atoms with van der Waals surface area (Å²) < 4.78 is 45.2. The van der Waals surface area contributed by atoms with E-state index in [9.17, 15) is 74.7 Å². The van der Waals surface area contributed by atoms with Crippen molar-refractivity contribution in [2.24, 2.45) is 17.8 Å². The van der Waals surface area contributed by atoms with Crippen LogP contribution < -0.4 is 21.3 Å². The van der Waals surface area contributed by atoms with Crippen molar-refractivity contribution in [1.29, 1.82) is 0 Å². The van der Waals surface area contributed by atoms with Gasteiger partial charge in [-0.05, 0) is 64.2 Å². The molecule has 16 atom stereocenters. The maximum Gasteiger partial charge on any atom is 0.245 e. The topological polar surface area (TPSA) is 410 Å². The Morgan fingerprint density at radius 2 is 0.847 bits per heavy atom. The zero-order valence-electron chi connectivity index (χ0n) is 50.3. The van der Waals surface area contributed by atoms with Gasteiger partial charge in [0.25, 0.3) is 0 Å². The third-order valence-corrected chi connectivity index (χ3v) is 15.4. The quantitative estimate of drug-likeness (QED) is 0.0287. The number of aliphatic hydroxyl groups excluding tert-OH is 9. The van der Waals surface area contributed by atoms with Crippen LogP contribution in [0.5, 0.6) is 0 Å². The van der Waals surface area contributed by atoms with E-state index in [0.717, 1.165) is 0 Å². The van der Waals surface area contributed by atoms with Crippen molar-refractivity contribution in [3.63, 3.8) is 0 Å². The van der Waals surface area contributed by atoms with E-state index in [2.05, 4.69) is 21.3 Å². The molecular formula is C57H103N5O23. The molecule has 0 bridgehead atoms. The largest absolute Gasteiger partial charge is 0.394 e. The lowest BCUT2D eigenvalue weighted by Crippen LogP contribution is -2.55. The molecule has 0 saturated carbocycles. The Morgan fingerprint density at radius 1 is 0.447 bits per heavy atom. The molecule has 28 heteroatoms. The standard InChI is InChI=1S/C57H103N5O23/c1-5-39(66)15-14-26-78-31-32-79-30-20-47(70)61-40(16-6-10-21-58-44(67)17-7-11-27-80-55-36(2)48(71)51(74)41(33-63)83-55)54(77)62(24-22-59-45(68)18-8-12-28-81-56-37(3)49(72)52(75)42(34-64)84-56)25-23-60-46(69)19-9-13-29-82-57-38(4)50(73)53(76)43(35-65)85-57/h36-38,40-43,48-53,55-57,63-65,71-76H,5-35H2,1-4H3,(H,58,67)(H,59,68)(H,60,69)(H,61,70). The van der Waals surface area contributed by atoms with Gasteiger partial charge in [0.2, 0.25) is 29.5 Å². The highest BCUT2D eigenvalue weighted by atomic mass is 16.7. The van der Waals surface area contributed by atoms with E-state index in [1.165, 1.54) is 4.90 Å². The van der Waals surface area contributed by atoms with E-state index in [1.54, 1.807) is 27.7 Å². The molecule has 0 aromatic rings. The van der Waals surface area contributed by atoms with Crippen LogP contribution in [0.15, 0.2) is 0 Å². The lowest BCUT2D eigenvalue weighted by Gasteiger charge is -2.40. The number of Topliss-reactive ketones (excluding diaryl/α,β-unsaturated/α-hetero) is 1. The van der Waals surface area contributed by atoms with Crippen molar-refractivity contribution in [3.8, 4) is 0 Å². The normalized spacial score (nSPS) is 28.1. The van der Waals surface area contributed by atoms with Crippen molar-refractivity contribution in [2.75, 3.05) is 98.8 Å². The Kier molecular flexibility index (Phi) is 38.3. The minimum atomic E-state index is -1.26. The lowest BCUT2D eigenvalue weighted by molar-refractivity contribution is -0.282. The van der Waals surface area contributed by atoms with Gasteiger partial charge in [0.05, 0.1) is 58.0 Å². The fourth-order valence-corrected chi connectivity index (χ4v) is 9.73. The third kappa shape index (κ3) is 28.2. The number of carbonyl (C=O) groups is 6. The first kappa shape index (κ1) is 75.6. The van der Waals surface area contributed by atoms with Crippen molar-refractivity contribution in [3.05, 3.63) is 0 Å². The van der Waals surface area contributed by atoms with Crippen LogP contribution in [0.25, 0.3) is 0 Å². The van der Waals surface area contributed by atoms with Crippen LogP contribution in [0.1, 0.15) is 130 Å². The number of aliphatic hydroxyl groups is 9. The summed E-state index contributed by atoms with van der Waals surface area (Å²) in [7, 11) is 0. The maximum atomic E-state index is 14.5. The van der Waals surface area contributed by atoms with Crippen LogP contribution in [0.4, 0.5) is 0 Å². The molecule has 3 saturated heterocycles. The van der Waals surface area contributed by atoms with Gasteiger partial charge in [-0.25, -0.2) is 0 Å². The summed E-state index contributed by atoms with van der Waals surface area (Å²) >= 11 is 0. The molecule has 28 nitrogen and oxygen atoms in total. The summed E-state index contributed by atoms with van der Waals surface area (Å²) in [6, 6.07) is -1.04. The SMILES string of the molecule is CCC(=O)CCCOCCOCCC(=O)NC(CCCCNC(=O)CCCCOC1OC(CO)C(O)C(O)C1C)C(=O)N(CCNC(=O)CCCCOC1OC(CO)C(O)C(O)C1C)CCNC(=O)CCCCOC1OC(CO)C(O)C(O)C1C. The molecule has 85 heavy (non-hydrogen) atoms. The molecule has 0 aliphatic carbocycles. The van der Waals surface area contributed by atoms with E-state index in [1.807, 2.05) is 0 Å². The van der Waals surface area contributed by atoms with Crippen LogP contribution in [-0.2, 0) is 66.7 Å². The first-order valence-corrected chi connectivity index (χ1v) is 30.6. The van der Waals surface area contributed by atoms with E-state index in [-0.39, 0.29) is 128 Å². The van der Waals surface area contributed by atoms with E-state index in [4.69, 9.17) is 37.9 Å². The number of carbonyl (C=O) groups excluding carboxylic acids is 6. The molecule has 3 rings (SSSR count). The molecule has 13 N–H and O–H groups in total. The predicted octanol–water partition coefficient (Wildman–Crippen LogP) is -2.21. The number of nitrogens with zero attached hydrogens (tertiary/aromatic N) is 1. The monoisotopic (exact) mass is 1230 g/mol. The average Bonchev–Trinajstić information content (AvgIpc) is 3.67. The minimum absolute atomic E-state index is 0.00662. The van der Waals surface area contributed by atoms with Crippen molar-refractivity contribution < 1.29 is 113 Å². The molecule has 3 aliphatic rings. The number of hydrogen-bond acceptors (Lipinski definition) is 23. The Hall–Kier alpha value is -3.66. The average molecular weight is 1230 g/mol. The number of hydrogen-bond donors (Lipinski definition) is 13. The Morgan fingerprint density at radius 3 is 1.25 bits per heavy atom. The highest BCUT2D eigenvalue weighted by Gasteiger charge is 2.44. The Balaban J connectivity index is 1.58. The van der Waals surface area contributed by atoms with Gasteiger partial charge >= 0.3 is 0 Å². The van der Waals surface area contributed by atoms with Gasteiger partial charge in [0.1, 0.15) is 48.4 Å². The molecule has 3 fully saturated rings. The molecule has 3 heterocycles. The minimum Gasteiger partial charge on any atom is -0.394 e. The van der Waals surface area contributed by atoms with E-state index < -0.39 is 129 Å². The fraction of sp³-hybridized carbons (Fsp3) is 0.895. The number of unbranched alkanes of at least 4 members (excludes halogenated alkanes) is 4. The predicted molar refractivity (Wildman–Crippen MR) is 302 cm³/mol. The summed E-state index contributed by atoms with van der Waals surface area (Å²) in [4.78, 5) is 79.8. The molecule has 0 radical (unpaired) electrons. The number of ketones is 1. The first-order valence-electron chi connectivity index (χ1n) is 30.6. The number of nitrogens with one attached hydrogen (secondary N) is 4. The second kappa shape index (κ2) is 43.1. The third-order valence-electron chi connectivity index (χ3n) is 15.4. The van der Waals surface area contributed by atoms with Crippen LogP contribution >= 0.6 is 0 Å². The summed E-state index contributed by atoms with van der Waals surface area (Å²) in [5, 5.41) is 101. The van der Waals surface area contributed by atoms with Crippen molar-refractivity contribution in [1.82, 2.24) is 26.2 Å². The molecule has 5 amide bonds. The zero-order valence-corrected chi connectivity index (χ0v) is 50.3. The second-order valence-electron chi connectivity index (χ2n) is 22.1. The summed E-state index contributed by atoms with van der Waals surface area (Å²) in [5.74, 6) is -3.28. The lowest BCUT2D eigenvalue weighted by atomic mass is 9.92. The van der Waals surface area contributed by atoms with Crippen LogP contribution in [0, 0.1) is 17.8 Å². The maximum absolute atomic E-state index is 14.5. The zero-order chi connectivity index (χ0) is 62.7. The highest BCUT2D eigenvalue weighted by molar-refractivity contribution is 5.88. The summed E-state index contributed by atoms with van der Waals surface area (Å²) in [6.45, 7) is 7.08. The van der Waals surface area contributed by atoms with Gasteiger partial charge in [-0.1, -0.05) is 27.7 Å². The van der Waals surface area contributed by atoms with Crippen LogP contribution in [-0.4, -0.2) is 265 Å². The smallest absolute Gasteiger partial charge is 0.245 e. The molecule has 494 valence electrons. The molecule has 0 aromatic carbocycles. The van der Waals surface area contributed by atoms with E-state index in [0.29, 0.717) is 77.2 Å². The van der Waals surface area contributed by atoms with E-state index >= 15 is 0 Å². The van der Waals surface area contributed by atoms with Gasteiger partial charge in [0.15, 0.2) is 18.9 Å². The molecule has 3 aliphatic heterocycles. The van der Waals surface area contributed by atoms with Gasteiger partial charge in [-0.2, -0.15) is 0 Å². The molecule has 0 aromatic heterocycles. The molecule has 16 unspecified atom stereocenters. The van der Waals surface area contributed by atoms with Gasteiger partial charge in [-0.15, -0.1) is 0 Å². The van der Waals surface area contributed by atoms with Crippen molar-refractivity contribution in [2.45, 2.75) is 210 Å². The number of rotatable bonds is 45. The summed E-state index contributed by atoms with van der Waals surface area (Å²) in [6.07, 6.45) is -7.23. The fourth-order valence-electron chi connectivity index (χ4n) is 9.73. The van der Waals surface area contributed by atoms with Gasteiger partial charge in [-0.3, -0.25) is 28.8 Å². The Bertz CT molecular complexity index is 1830. The van der Waals surface area contributed by atoms with Crippen molar-refractivity contribution >= 4 is 35.3 Å². The number of ether oxygens (including phenoxy) is 8. The Labute approximate surface area is 499 Å². The van der Waals surface area contributed by atoms with Gasteiger partial charge < -0.3 is 110 Å². The highest BCUT2D eigenvalue weighted by Crippen LogP contribution is 2.29. The van der Waals surface area contributed by atoms with Crippen LogP contribution in [0.3, 0.4) is 0 Å². The summed E-state index contributed by atoms with van der Waals surface area (Å²) in [5.41, 5.74) is 0. The molecular weight excluding hydrogens is 1120 g/mol.